The van der Waals surface area contributed by atoms with Gasteiger partial charge in [-0.1, -0.05) is 35.2 Å². The summed E-state index contributed by atoms with van der Waals surface area (Å²) < 4.78 is 5.98. The van der Waals surface area contributed by atoms with Crippen LogP contribution in [-0.4, -0.2) is 34.8 Å². The molecule has 0 spiro atoms. The minimum Gasteiger partial charge on any atom is -0.495 e. The van der Waals surface area contributed by atoms with E-state index in [2.05, 4.69) is 20.8 Å². The van der Waals surface area contributed by atoms with Crippen molar-refractivity contribution in [1.82, 2.24) is 10.2 Å². The van der Waals surface area contributed by atoms with E-state index < -0.39 is 0 Å². The SMILES string of the molecule is COc1ccccc1Nc1nnc(SCC(=O)Nc2ccc(C(C)=O)cc2)s1. The number of carbonyl (C=O) groups excluding carboxylic acids is 2. The molecule has 3 rings (SSSR count). The number of nitrogens with one attached hydrogen (secondary N) is 2. The van der Waals surface area contributed by atoms with Crippen LogP contribution in [0.5, 0.6) is 5.75 Å². The summed E-state index contributed by atoms with van der Waals surface area (Å²) in [5, 5.41) is 14.8. The summed E-state index contributed by atoms with van der Waals surface area (Å²) in [7, 11) is 1.61. The van der Waals surface area contributed by atoms with Crippen LogP contribution in [0.4, 0.5) is 16.5 Å². The predicted octanol–water partition coefficient (Wildman–Crippen LogP) is 4.22. The molecule has 7 nitrogen and oxygen atoms in total. The maximum absolute atomic E-state index is 12.1. The number of amides is 1. The third kappa shape index (κ3) is 5.30. The minimum absolute atomic E-state index is 0.0118. The summed E-state index contributed by atoms with van der Waals surface area (Å²) in [6.07, 6.45) is 0. The molecule has 0 fully saturated rings. The lowest BCUT2D eigenvalue weighted by Crippen LogP contribution is -2.14. The molecule has 0 aliphatic carbocycles. The van der Waals surface area contributed by atoms with Crippen LogP contribution in [0.1, 0.15) is 17.3 Å². The molecule has 0 unspecified atom stereocenters. The van der Waals surface area contributed by atoms with Crippen molar-refractivity contribution in [2.75, 3.05) is 23.5 Å². The van der Waals surface area contributed by atoms with E-state index in [4.69, 9.17) is 4.74 Å². The standard InChI is InChI=1S/C19H18N4O3S2/c1-12(24)13-7-9-14(10-8-13)20-17(25)11-27-19-23-22-18(28-19)21-15-5-3-4-6-16(15)26-2/h3-10H,11H2,1-2H3,(H,20,25)(H,21,22). The number of carbonyl (C=O) groups is 2. The number of nitrogens with zero attached hydrogens (tertiary/aromatic N) is 2. The normalized spacial score (nSPS) is 10.4. The van der Waals surface area contributed by atoms with E-state index in [1.165, 1.54) is 30.0 Å². The molecule has 0 aliphatic rings. The second-order valence-electron chi connectivity index (χ2n) is 5.67. The highest BCUT2D eigenvalue weighted by Gasteiger charge is 2.10. The Labute approximate surface area is 170 Å². The summed E-state index contributed by atoms with van der Waals surface area (Å²) in [4.78, 5) is 23.4. The van der Waals surface area contributed by atoms with Crippen LogP contribution < -0.4 is 15.4 Å². The summed E-state index contributed by atoms with van der Waals surface area (Å²) in [6, 6.07) is 14.3. The first-order valence-electron chi connectivity index (χ1n) is 8.32. The number of rotatable bonds is 8. The number of benzene rings is 2. The van der Waals surface area contributed by atoms with Gasteiger partial charge < -0.3 is 15.4 Å². The van der Waals surface area contributed by atoms with Crippen molar-refractivity contribution in [2.24, 2.45) is 0 Å². The first kappa shape index (κ1) is 19.8. The third-order valence-electron chi connectivity index (χ3n) is 3.66. The Bertz CT molecular complexity index is 973. The minimum atomic E-state index is -0.157. The molecule has 0 saturated carbocycles. The molecular formula is C19H18N4O3S2. The van der Waals surface area contributed by atoms with Gasteiger partial charge in [-0.2, -0.15) is 0 Å². The van der Waals surface area contributed by atoms with Crippen LogP contribution >= 0.6 is 23.1 Å². The summed E-state index contributed by atoms with van der Waals surface area (Å²) in [6.45, 7) is 1.50. The van der Waals surface area contributed by atoms with Crippen LogP contribution in [-0.2, 0) is 4.79 Å². The van der Waals surface area contributed by atoms with Crippen molar-refractivity contribution in [2.45, 2.75) is 11.3 Å². The van der Waals surface area contributed by atoms with Gasteiger partial charge in [0.1, 0.15) is 5.75 Å². The Morgan fingerprint density at radius 3 is 2.57 bits per heavy atom. The van der Waals surface area contributed by atoms with Gasteiger partial charge in [-0.15, -0.1) is 10.2 Å². The van der Waals surface area contributed by atoms with Crippen LogP contribution in [0.15, 0.2) is 52.9 Å². The monoisotopic (exact) mass is 414 g/mol. The average Bonchev–Trinajstić information content (AvgIpc) is 3.14. The molecule has 1 aromatic heterocycles. The number of Topliss-reactive ketones (excluding diaryl/α,β-unsaturated/α-hetero) is 1. The first-order valence-corrected chi connectivity index (χ1v) is 10.1. The van der Waals surface area contributed by atoms with Crippen molar-refractivity contribution < 1.29 is 14.3 Å². The van der Waals surface area contributed by atoms with Crippen LogP contribution in [0.25, 0.3) is 0 Å². The Balaban J connectivity index is 1.52. The van der Waals surface area contributed by atoms with Crippen molar-refractivity contribution >= 4 is 51.3 Å². The highest BCUT2D eigenvalue weighted by Crippen LogP contribution is 2.31. The van der Waals surface area contributed by atoms with Gasteiger partial charge in [-0.25, -0.2) is 0 Å². The summed E-state index contributed by atoms with van der Waals surface area (Å²) in [5.74, 6) is 0.747. The number of hydrogen-bond donors (Lipinski definition) is 2. The molecule has 0 atom stereocenters. The van der Waals surface area contributed by atoms with Gasteiger partial charge in [0.15, 0.2) is 10.1 Å². The zero-order chi connectivity index (χ0) is 19.9. The molecule has 0 radical (unpaired) electrons. The number of thioether (sulfide) groups is 1. The van der Waals surface area contributed by atoms with Gasteiger partial charge in [0.25, 0.3) is 0 Å². The topological polar surface area (TPSA) is 93.2 Å². The molecule has 28 heavy (non-hydrogen) atoms. The fraction of sp³-hybridized carbons (Fsp3) is 0.158. The van der Waals surface area contributed by atoms with Gasteiger partial charge in [0, 0.05) is 11.3 Å². The van der Waals surface area contributed by atoms with Gasteiger partial charge >= 0.3 is 0 Å². The van der Waals surface area contributed by atoms with E-state index in [9.17, 15) is 9.59 Å². The fourth-order valence-electron chi connectivity index (χ4n) is 2.29. The highest BCUT2D eigenvalue weighted by atomic mass is 32.2. The molecular weight excluding hydrogens is 396 g/mol. The molecule has 1 amide bonds. The zero-order valence-corrected chi connectivity index (χ0v) is 16.9. The van der Waals surface area contributed by atoms with E-state index in [0.717, 1.165) is 5.69 Å². The molecule has 0 aliphatic heterocycles. The first-order chi connectivity index (χ1) is 13.5. The van der Waals surface area contributed by atoms with E-state index in [-0.39, 0.29) is 17.4 Å². The fourth-order valence-corrected chi connectivity index (χ4v) is 3.86. The highest BCUT2D eigenvalue weighted by molar-refractivity contribution is 8.01. The van der Waals surface area contributed by atoms with E-state index in [1.807, 2.05) is 24.3 Å². The molecule has 0 saturated heterocycles. The number of para-hydroxylation sites is 2. The number of anilines is 3. The van der Waals surface area contributed by atoms with Gasteiger partial charge in [-0.05, 0) is 43.3 Å². The molecule has 3 aromatic rings. The average molecular weight is 415 g/mol. The second-order valence-corrected chi connectivity index (χ2v) is 7.87. The Morgan fingerprint density at radius 1 is 1.11 bits per heavy atom. The number of methoxy groups -OCH3 is 1. The van der Waals surface area contributed by atoms with Crippen LogP contribution in [0.3, 0.4) is 0 Å². The van der Waals surface area contributed by atoms with Crippen molar-refractivity contribution in [3.8, 4) is 5.75 Å². The Morgan fingerprint density at radius 2 is 1.86 bits per heavy atom. The number of ether oxygens (including phenoxy) is 1. The zero-order valence-electron chi connectivity index (χ0n) is 15.3. The second kappa shape index (κ2) is 9.34. The lowest BCUT2D eigenvalue weighted by atomic mass is 10.1. The predicted molar refractivity (Wildman–Crippen MR) is 112 cm³/mol. The maximum atomic E-state index is 12.1. The molecule has 1 heterocycles. The van der Waals surface area contributed by atoms with E-state index >= 15 is 0 Å². The van der Waals surface area contributed by atoms with Crippen molar-refractivity contribution in [3.63, 3.8) is 0 Å². The van der Waals surface area contributed by atoms with E-state index in [1.54, 1.807) is 31.4 Å². The molecule has 2 N–H and O–H groups in total. The lowest BCUT2D eigenvalue weighted by Gasteiger charge is -2.07. The summed E-state index contributed by atoms with van der Waals surface area (Å²) >= 11 is 2.66. The Kier molecular flexibility index (Phi) is 6.62. The molecule has 0 bridgehead atoms. The third-order valence-corrected chi connectivity index (χ3v) is 5.63. The van der Waals surface area contributed by atoms with Gasteiger partial charge in [0.2, 0.25) is 11.0 Å². The molecule has 9 heteroatoms. The van der Waals surface area contributed by atoms with E-state index in [0.29, 0.717) is 26.5 Å². The van der Waals surface area contributed by atoms with Gasteiger partial charge in [-0.3, -0.25) is 9.59 Å². The number of ketones is 1. The van der Waals surface area contributed by atoms with Gasteiger partial charge in [0.05, 0.1) is 18.6 Å². The molecule has 2 aromatic carbocycles. The number of hydrogen-bond acceptors (Lipinski definition) is 8. The lowest BCUT2D eigenvalue weighted by molar-refractivity contribution is -0.113. The Hall–Kier alpha value is -2.91. The maximum Gasteiger partial charge on any atom is 0.234 e. The largest absolute Gasteiger partial charge is 0.495 e. The smallest absolute Gasteiger partial charge is 0.234 e. The van der Waals surface area contributed by atoms with Crippen LogP contribution in [0.2, 0.25) is 0 Å². The summed E-state index contributed by atoms with van der Waals surface area (Å²) in [5.41, 5.74) is 2.05. The number of aromatic nitrogens is 2. The quantitative estimate of drug-likeness (QED) is 0.421. The van der Waals surface area contributed by atoms with Crippen molar-refractivity contribution in [1.29, 1.82) is 0 Å². The van der Waals surface area contributed by atoms with Crippen LogP contribution in [0, 0.1) is 0 Å². The molecule has 144 valence electrons. The van der Waals surface area contributed by atoms with Crippen molar-refractivity contribution in [3.05, 3.63) is 54.1 Å².